The summed E-state index contributed by atoms with van der Waals surface area (Å²) in [6.07, 6.45) is 0.535. The summed E-state index contributed by atoms with van der Waals surface area (Å²) < 4.78 is 0. The van der Waals surface area contributed by atoms with Crippen molar-refractivity contribution in [1.82, 2.24) is 0 Å². The van der Waals surface area contributed by atoms with E-state index in [-0.39, 0.29) is 6.10 Å². The Balaban J connectivity index is 2.95. The Morgan fingerprint density at radius 3 is 2.78 bits per heavy atom. The number of nitrogens with two attached hydrogens (primary N) is 1. The Morgan fingerprint density at radius 1 is 1.67 bits per heavy atom. The summed E-state index contributed by atoms with van der Waals surface area (Å²) in [7, 11) is 0. The smallest absolute Gasteiger partial charge is 0.0642 e. The molecule has 0 aromatic carbocycles. The minimum absolute atomic E-state index is 0.194. The van der Waals surface area contributed by atoms with Crippen molar-refractivity contribution in [2.24, 2.45) is 5.73 Å². The second-order valence-electron chi connectivity index (χ2n) is 1.89. The molecular formula is C6H15NOS. The van der Waals surface area contributed by atoms with Crippen LogP contribution in [0.4, 0.5) is 0 Å². The van der Waals surface area contributed by atoms with Crippen LogP contribution >= 0.6 is 11.8 Å². The zero-order valence-corrected chi connectivity index (χ0v) is 6.66. The van der Waals surface area contributed by atoms with Crippen molar-refractivity contribution in [1.29, 1.82) is 0 Å². The van der Waals surface area contributed by atoms with E-state index in [1.807, 2.05) is 0 Å². The van der Waals surface area contributed by atoms with Crippen LogP contribution in [0.25, 0.3) is 0 Å². The molecule has 56 valence electrons. The van der Waals surface area contributed by atoms with Crippen molar-refractivity contribution in [2.45, 2.75) is 19.4 Å². The molecule has 0 heterocycles. The van der Waals surface area contributed by atoms with Gasteiger partial charge in [0.25, 0.3) is 0 Å². The number of hydrogen-bond acceptors (Lipinski definition) is 3. The topological polar surface area (TPSA) is 46.2 Å². The molecule has 0 amide bonds. The largest absolute Gasteiger partial charge is 0.392 e. The Kier molecular flexibility index (Phi) is 6.58. The minimum atomic E-state index is -0.194. The van der Waals surface area contributed by atoms with Crippen LogP contribution in [0.2, 0.25) is 0 Å². The second-order valence-corrected chi connectivity index (χ2v) is 3.21. The van der Waals surface area contributed by atoms with E-state index in [1.165, 1.54) is 0 Å². The van der Waals surface area contributed by atoms with E-state index in [4.69, 9.17) is 10.8 Å². The van der Waals surface area contributed by atoms with Gasteiger partial charge in [0.05, 0.1) is 6.10 Å². The third-order valence-corrected chi connectivity index (χ3v) is 2.04. The van der Waals surface area contributed by atoms with Gasteiger partial charge in [0.2, 0.25) is 0 Å². The summed E-state index contributed by atoms with van der Waals surface area (Å²) in [5.41, 5.74) is 5.23. The monoisotopic (exact) mass is 149 g/mol. The van der Waals surface area contributed by atoms with Gasteiger partial charge >= 0.3 is 0 Å². The van der Waals surface area contributed by atoms with Gasteiger partial charge in [-0.3, -0.25) is 0 Å². The molecule has 0 fully saturated rings. The van der Waals surface area contributed by atoms with Crippen LogP contribution in [-0.2, 0) is 0 Å². The summed E-state index contributed by atoms with van der Waals surface area (Å²) in [5.74, 6) is 1.90. The fourth-order valence-corrected chi connectivity index (χ4v) is 1.20. The summed E-state index contributed by atoms with van der Waals surface area (Å²) in [5, 5.41) is 9.08. The summed E-state index contributed by atoms with van der Waals surface area (Å²) >= 11 is 1.75. The molecule has 0 spiro atoms. The van der Waals surface area contributed by atoms with Gasteiger partial charge in [-0.25, -0.2) is 0 Å². The molecule has 0 rings (SSSR count). The van der Waals surface area contributed by atoms with Gasteiger partial charge in [-0.2, -0.15) is 11.8 Å². The van der Waals surface area contributed by atoms with Crippen LogP contribution in [0.15, 0.2) is 0 Å². The Hall–Kier alpha value is 0.270. The van der Waals surface area contributed by atoms with Crippen molar-refractivity contribution in [3.63, 3.8) is 0 Å². The van der Waals surface area contributed by atoms with Gasteiger partial charge in [-0.05, 0) is 18.7 Å². The van der Waals surface area contributed by atoms with Crippen LogP contribution in [0.1, 0.15) is 13.3 Å². The fourth-order valence-electron chi connectivity index (χ4n) is 0.530. The zero-order chi connectivity index (χ0) is 7.11. The van der Waals surface area contributed by atoms with Gasteiger partial charge in [-0.15, -0.1) is 0 Å². The molecule has 0 aliphatic carbocycles. The lowest BCUT2D eigenvalue weighted by atomic mass is 10.3. The van der Waals surface area contributed by atoms with E-state index in [0.717, 1.165) is 17.9 Å². The molecule has 2 nitrogen and oxygen atoms in total. The number of hydrogen-bond donors (Lipinski definition) is 2. The van der Waals surface area contributed by atoms with E-state index >= 15 is 0 Å². The van der Waals surface area contributed by atoms with E-state index in [1.54, 1.807) is 11.8 Å². The molecule has 0 unspecified atom stereocenters. The van der Waals surface area contributed by atoms with Crippen molar-refractivity contribution in [3.05, 3.63) is 0 Å². The molecule has 0 bridgehead atoms. The van der Waals surface area contributed by atoms with Crippen LogP contribution in [0, 0.1) is 0 Å². The Morgan fingerprint density at radius 2 is 2.33 bits per heavy atom. The van der Waals surface area contributed by atoms with Crippen LogP contribution < -0.4 is 5.73 Å². The highest BCUT2D eigenvalue weighted by atomic mass is 32.2. The molecule has 3 N–H and O–H groups in total. The average Bonchev–Trinajstić information content (AvgIpc) is 1.85. The lowest BCUT2D eigenvalue weighted by Gasteiger charge is -2.05. The first-order valence-corrected chi connectivity index (χ1v) is 4.42. The maximum absolute atomic E-state index is 9.08. The van der Waals surface area contributed by atoms with E-state index in [2.05, 4.69) is 6.92 Å². The maximum Gasteiger partial charge on any atom is 0.0642 e. The molecule has 0 radical (unpaired) electrons. The summed E-state index contributed by atoms with van der Waals surface area (Å²) in [6.45, 7) is 2.67. The first-order valence-electron chi connectivity index (χ1n) is 3.27. The van der Waals surface area contributed by atoms with Crippen molar-refractivity contribution in [3.8, 4) is 0 Å². The maximum atomic E-state index is 9.08. The third kappa shape index (κ3) is 6.15. The number of aliphatic hydroxyl groups excluding tert-OH is 1. The predicted octanol–water partition coefficient (Wildman–Crippen LogP) is 0.449. The van der Waals surface area contributed by atoms with Crippen LogP contribution in [0.3, 0.4) is 0 Å². The predicted molar refractivity (Wildman–Crippen MR) is 42.7 cm³/mol. The van der Waals surface area contributed by atoms with Crippen LogP contribution in [-0.4, -0.2) is 29.3 Å². The van der Waals surface area contributed by atoms with E-state index in [9.17, 15) is 0 Å². The molecule has 9 heavy (non-hydrogen) atoms. The molecule has 1 atom stereocenters. The molecule has 0 aromatic heterocycles. The normalized spacial score (nSPS) is 13.7. The highest BCUT2D eigenvalue weighted by molar-refractivity contribution is 7.99. The highest BCUT2D eigenvalue weighted by Crippen LogP contribution is 2.03. The molecular weight excluding hydrogens is 134 g/mol. The molecule has 0 aliphatic rings. The van der Waals surface area contributed by atoms with E-state index in [0.29, 0.717) is 6.54 Å². The fraction of sp³-hybridized carbons (Fsp3) is 1.00. The van der Waals surface area contributed by atoms with Crippen LogP contribution in [0.5, 0.6) is 0 Å². The van der Waals surface area contributed by atoms with Gasteiger partial charge < -0.3 is 10.8 Å². The first kappa shape index (κ1) is 9.27. The van der Waals surface area contributed by atoms with Gasteiger partial charge in [0.1, 0.15) is 0 Å². The number of rotatable bonds is 5. The van der Waals surface area contributed by atoms with Gasteiger partial charge in [-0.1, -0.05) is 6.92 Å². The molecule has 0 saturated heterocycles. The summed E-state index contributed by atoms with van der Waals surface area (Å²) in [6, 6.07) is 0. The van der Waals surface area contributed by atoms with Gasteiger partial charge in [0.15, 0.2) is 0 Å². The summed E-state index contributed by atoms with van der Waals surface area (Å²) in [4.78, 5) is 0. The minimum Gasteiger partial charge on any atom is -0.392 e. The highest BCUT2D eigenvalue weighted by Gasteiger charge is 1.99. The van der Waals surface area contributed by atoms with Crippen molar-refractivity contribution >= 4 is 11.8 Å². The molecule has 3 heteroatoms. The third-order valence-electron chi connectivity index (χ3n) is 1.01. The second kappa shape index (κ2) is 6.39. The number of thioether (sulfide) groups is 1. The van der Waals surface area contributed by atoms with Gasteiger partial charge in [0, 0.05) is 5.75 Å². The lowest BCUT2D eigenvalue weighted by Crippen LogP contribution is -2.15. The van der Waals surface area contributed by atoms with Crippen molar-refractivity contribution in [2.75, 3.05) is 18.1 Å². The zero-order valence-electron chi connectivity index (χ0n) is 5.84. The first-order chi connectivity index (χ1) is 4.31. The molecule has 0 saturated carbocycles. The Bertz CT molecular complexity index is 61.0. The Labute approximate surface area is 60.8 Å². The molecule has 0 aromatic rings. The molecule has 0 aliphatic heterocycles. The van der Waals surface area contributed by atoms with E-state index < -0.39 is 0 Å². The average molecular weight is 149 g/mol. The van der Waals surface area contributed by atoms with Crippen molar-refractivity contribution < 1.29 is 5.11 Å². The SMILES string of the molecule is CCSC[C@H](O)CCN. The standard InChI is InChI=1S/C6H15NOS/c1-2-9-5-6(8)3-4-7/h6,8H,2-5,7H2,1H3/t6-/m1/s1. The lowest BCUT2D eigenvalue weighted by molar-refractivity contribution is 0.192. The quantitative estimate of drug-likeness (QED) is 0.596. The number of aliphatic hydroxyl groups is 1.